The number of hydrogen-bond acceptors (Lipinski definition) is 5. The molecule has 130 valence electrons. The molecule has 0 unspecified atom stereocenters. The topological polar surface area (TPSA) is 54.7 Å². The average molecular weight is 348 g/mol. The number of para-hydroxylation sites is 1. The number of furan rings is 1. The number of benzene rings is 1. The summed E-state index contributed by atoms with van der Waals surface area (Å²) in [6, 6.07) is 8.06. The van der Waals surface area contributed by atoms with Crippen LogP contribution in [0, 0.1) is 0 Å². The van der Waals surface area contributed by atoms with E-state index >= 15 is 0 Å². The van der Waals surface area contributed by atoms with Crippen LogP contribution < -0.4 is 10.1 Å². The van der Waals surface area contributed by atoms with Gasteiger partial charge in [-0.2, -0.15) is 11.8 Å². The van der Waals surface area contributed by atoms with Crippen molar-refractivity contribution in [2.24, 2.45) is 0 Å². The zero-order chi connectivity index (χ0) is 17.1. The fourth-order valence-electron chi connectivity index (χ4n) is 3.01. The van der Waals surface area contributed by atoms with Gasteiger partial charge in [-0.1, -0.05) is 12.1 Å². The molecule has 0 radical (unpaired) electrons. The van der Waals surface area contributed by atoms with Gasteiger partial charge < -0.3 is 14.5 Å². The van der Waals surface area contributed by atoms with Crippen LogP contribution in [0.25, 0.3) is 11.0 Å². The molecular weight excluding hydrogens is 324 g/mol. The number of carbonyl (C=O) groups is 1. The van der Waals surface area contributed by atoms with Gasteiger partial charge in [-0.15, -0.1) is 0 Å². The Kier molecular flexibility index (Phi) is 5.36. The number of methoxy groups -OCH3 is 1. The van der Waals surface area contributed by atoms with Gasteiger partial charge in [-0.25, -0.2) is 0 Å². The fraction of sp³-hybridized carbons (Fsp3) is 0.500. The first-order valence-electron chi connectivity index (χ1n) is 8.22. The van der Waals surface area contributed by atoms with Gasteiger partial charge in [0.25, 0.3) is 0 Å². The Balaban J connectivity index is 1.63. The molecule has 0 aliphatic carbocycles. The second kappa shape index (κ2) is 7.49. The van der Waals surface area contributed by atoms with Crippen LogP contribution in [-0.2, 0) is 4.79 Å². The summed E-state index contributed by atoms with van der Waals surface area (Å²) in [5.74, 6) is 3.77. The van der Waals surface area contributed by atoms with Gasteiger partial charge in [0, 0.05) is 17.2 Å². The Bertz CT molecular complexity index is 709. The highest BCUT2D eigenvalue weighted by Gasteiger charge is 2.23. The van der Waals surface area contributed by atoms with E-state index in [0.717, 1.165) is 28.9 Å². The predicted octanol–water partition coefficient (Wildman–Crippen LogP) is 3.06. The van der Waals surface area contributed by atoms with Crippen LogP contribution in [0.15, 0.2) is 28.7 Å². The minimum atomic E-state index is -0.180. The summed E-state index contributed by atoms with van der Waals surface area (Å²) in [5.41, 5.74) is 0.719. The number of hydrogen-bond donors (Lipinski definition) is 1. The molecule has 2 atom stereocenters. The summed E-state index contributed by atoms with van der Waals surface area (Å²) < 4.78 is 11.2. The fourth-order valence-corrected chi connectivity index (χ4v) is 4.31. The predicted molar refractivity (Wildman–Crippen MR) is 97.7 cm³/mol. The van der Waals surface area contributed by atoms with Crippen LogP contribution in [0.5, 0.6) is 5.75 Å². The second-order valence-electron chi connectivity index (χ2n) is 6.25. The lowest BCUT2D eigenvalue weighted by molar-refractivity contribution is -0.123. The second-order valence-corrected chi connectivity index (χ2v) is 7.40. The van der Waals surface area contributed by atoms with E-state index in [9.17, 15) is 4.79 Å². The first kappa shape index (κ1) is 17.2. The maximum Gasteiger partial charge on any atom is 0.234 e. The van der Waals surface area contributed by atoms with Crippen molar-refractivity contribution >= 4 is 28.6 Å². The Labute approximate surface area is 146 Å². The third kappa shape index (κ3) is 3.70. The molecular formula is C18H24N2O3S. The van der Waals surface area contributed by atoms with Crippen LogP contribution in [0.3, 0.4) is 0 Å². The molecule has 1 aromatic heterocycles. The summed E-state index contributed by atoms with van der Waals surface area (Å²) in [4.78, 5) is 14.4. The molecule has 1 fully saturated rings. The minimum Gasteiger partial charge on any atom is -0.493 e. The molecule has 1 aliphatic heterocycles. The summed E-state index contributed by atoms with van der Waals surface area (Å²) in [5, 5.41) is 4.00. The van der Waals surface area contributed by atoms with E-state index in [1.54, 1.807) is 7.11 Å². The van der Waals surface area contributed by atoms with Crippen molar-refractivity contribution in [3.8, 4) is 5.75 Å². The third-order valence-corrected chi connectivity index (χ3v) is 5.62. The number of rotatable bonds is 6. The molecule has 0 spiro atoms. The molecule has 1 aliphatic rings. The number of carbonyl (C=O) groups excluding carboxylic acids is 1. The van der Waals surface area contributed by atoms with Crippen LogP contribution in [0.2, 0.25) is 0 Å². The number of fused-ring (bicyclic) bond motifs is 1. The van der Waals surface area contributed by atoms with Gasteiger partial charge >= 0.3 is 0 Å². The zero-order valence-corrected chi connectivity index (χ0v) is 15.2. The Morgan fingerprint density at radius 1 is 1.54 bits per heavy atom. The van der Waals surface area contributed by atoms with Gasteiger partial charge in [0.2, 0.25) is 5.91 Å². The highest BCUT2D eigenvalue weighted by molar-refractivity contribution is 7.99. The smallest absolute Gasteiger partial charge is 0.234 e. The van der Waals surface area contributed by atoms with Crippen molar-refractivity contribution in [1.82, 2.24) is 10.2 Å². The van der Waals surface area contributed by atoms with E-state index in [2.05, 4.69) is 10.2 Å². The summed E-state index contributed by atoms with van der Waals surface area (Å²) in [7, 11) is 3.64. The van der Waals surface area contributed by atoms with Gasteiger partial charge in [-0.05, 0) is 38.3 Å². The SMILES string of the molecule is COc1cccc2cc([C@H](C)NC(=O)CN(C)[C@@H]3CCSC3)oc12. The van der Waals surface area contributed by atoms with Gasteiger partial charge in [0.05, 0.1) is 19.7 Å². The Hall–Kier alpha value is -1.66. The molecule has 0 saturated carbocycles. The lowest BCUT2D eigenvalue weighted by Gasteiger charge is -2.23. The largest absolute Gasteiger partial charge is 0.493 e. The van der Waals surface area contributed by atoms with E-state index in [0.29, 0.717) is 18.3 Å². The number of amides is 1. The number of likely N-dealkylation sites (N-methyl/N-ethyl adjacent to an activating group) is 1. The van der Waals surface area contributed by atoms with E-state index in [4.69, 9.17) is 9.15 Å². The molecule has 6 heteroatoms. The van der Waals surface area contributed by atoms with Crippen LogP contribution >= 0.6 is 11.8 Å². The maximum atomic E-state index is 12.3. The Morgan fingerprint density at radius 3 is 3.08 bits per heavy atom. The van der Waals surface area contributed by atoms with Crippen molar-refractivity contribution < 1.29 is 13.9 Å². The van der Waals surface area contributed by atoms with E-state index in [1.165, 1.54) is 5.75 Å². The number of ether oxygens (including phenoxy) is 1. The van der Waals surface area contributed by atoms with E-state index < -0.39 is 0 Å². The van der Waals surface area contributed by atoms with Crippen molar-refractivity contribution in [2.75, 3.05) is 32.2 Å². The molecule has 2 heterocycles. The molecule has 2 aromatic rings. The molecule has 1 aromatic carbocycles. The molecule has 3 rings (SSSR count). The summed E-state index contributed by atoms with van der Waals surface area (Å²) in [6.45, 7) is 2.35. The van der Waals surface area contributed by atoms with Crippen LogP contribution in [0.1, 0.15) is 25.1 Å². The highest BCUT2D eigenvalue weighted by atomic mass is 32.2. The summed E-state index contributed by atoms with van der Waals surface area (Å²) >= 11 is 1.95. The molecule has 1 N–H and O–H groups in total. The average Bonchev–Trinajstić information content (AvgIpc) is 3.23. The minimum absolute atomic E-state index is 0.0225. The zero-order valence-electron chi connectivity index (χ0n) is 14.4. The molecule has 0 bridgehead atoms. The van der Waals surface area contributed by atoms with Crippen molar-refractivity contribution in [2.45, 2.75) is 25.4 Å². The van der Waals surface area contributed by atoms with Crippen molar-refractivity contribution in [1.29, 1.82) is 0 Å². The molecule has 5 nitrogen and oxygen atoms in total. The van der Waals surface area contributed by atoms with Crippen molar-refractivity contribution in [3.63, 3.8) is 0 Å². The third-order valence-electron chi connectivity index (χ3n) is 4.47. The molecule has 1 amide bonds. The quantitative estimate of drug-likeness (QED) is 0.869. The van der Waals surface area contributed by atoms with E-state index in [-0.39, 0.29) is 11.9 Å². The first-order valence-corrected chi connectivity index (χ1v) is 9.37. The Morgan fingerprint density at radius 2 is 2.38 bits per heavy atom. The lowest BCUT2D eigenvalue weighted by Crippen LogP contribution is -2.41. The standard InChI is InChI=1S/C18H24N2O3S/c1-12(19-17(21)10-20(2)14-7-8-24-11-14)16-9-13-5-4-6-15(22-3)18(13)23-16/h4-6,9,12,14H,7-8,10-11H2,1-3H3,(H,19,21)/t12-,14+/m0/s1. The maximum absolute atomic E-state index is 12.3. The molecule has 1 saturated heterocycles. The lowest BCUT2D eigenvalue weighted by atomic mass is 10.2. The van der Waals surface area contributed by atoms with Gasteiger partial charge in [0.1, 0.15) is 5.76 Å². The highest BCUT2D eigenvalue weighted by Crippen LogP contribution is 2.30. The van der Waals surface area contributed by atoms with E-state index in [1.807, 2.05) is 50.0 Å². The van der Waals surface area contributed by atoms with Crippen LogP contribution in [-0.4, -0.2) is 49.1 Å². The van der Waals surface area contributed by atoms with Crippen molar-refractivity contribution in [3.05, 3.63) is 30.0 Å². The molecule has 24 heavy (non-hydrogen) atoms. The van der Waals surface area contributed by atoms with Crippen LogP contribution in [0.4, 0.5) is 0 Å². The summed E-state index contributed by atoms with van der Waals surface area (Å²) in [6.07, 6.45) is 1.16. The number of nitrogens with zero attached hydrogens (tertiary/aromatic N) is 1. The van der Waals surface area contributed by atoms with Gasteiger partial charge in [0.15, 0.2) is 11.3 Å². The number of nitrogens with one attached hydrogen (secondary N) is 1. The number of thioether (sulfide) groups is 1. The van der Waals surface area contributed by atoms with Gasteiger partial charge in [-0.3, -0.25) is 9.69 Å². The monoisotopic (exact) mass is 348 g/mol. The normalized spacial score (nSPS) is 18.9. The first-order chi connectivity index (χ1) is 11.6.